The topological polar surface area (TPSA) is 49.7 Å². The zero-order valence-corrected chi connectivity index (χ0v) is 8.86. The number of aliphatic hydroxyl groups is 1. The Morgan fingerprint density at radius 3 is 2.87 bits per heavy atom. The molecule has 2 N–H and O–H groups in total. The second kappa shape index (κ2) is 3.83. The molecule has 2 rings (SSSR count). The third-order valence-electron chi connectivity index (χ3n) is 3.27. The summed E-state index contributed by atoms with van der Waals surface area (Å²) in [5.74, 6) is 0.308. The average Bonchev–Trinajstić information content (AvgIpc) is 2.28. The Balaban J connectivity index is 2.30. The van der Waals surface area contributed by atoms with Crippen molar-refractivity contribution in [1.29, 1.82) is 0 Å². The molecule has 0 aromatic heterocycles. The number of aryl methyl sites for hydroxylation is 1. The summed E-state index contributed by atoms with van der Waals surface area (Å²) < 4.78 is 5.40. The molecular weight excluding hydrogens is 192 g/mol. The molecule has 0 fully saturated rings. The SMILES string of the molecule is COC1(CO)CCc2cc(O)ccc2C1. The molecule has 1 aliphatic carbocycles. The van der Waals surface area contributed by atoms with Crippen LogP contribution < -0.4 is 0 Å². The van der Waals surface area contributed by atoms with Crippen LogP contribution in [-0.2, 0) is 17.6 Å². The van der Waals surface area contributed by atoms with Crippen molar-refractivity contribution < 1.29 is 14.9 Å². The Morgan fingerprint density at radius 2 is 2.20 bits per heavy atom. The molecule has 0 saturated carbocycles. The zero-order chi connectivity index (χ0) is 10.9. The van der Waals surface area contributed by atoms with Crippen LogP contribution in [0.5, 0.6) is 5.75 Å². The van der Waals surface area contributed by atoms with Crippen molar-refractivity contribution in [1.82, 2.24) is 0 Å². The number of phenolic OH excluding ortho intramolecular Hbond substituents is 1. The average molecular weight is 208 g/mol. The second-order valence-electron chi connectivity index (χ2n) is 4.18. The number of phenols is 1. The molecule has 0 amide bonds. The molecule has 0 radical (unpaired) electrons. The number of aromatic hydroxyl groups is 1. The van der Waals surface area contributed by atoms with Crippen molar-refractivity contribution >= 4 is 0 Å². The Kier molecular flexibility index (Phi) is 2.67. The fourth-order valence-electron chi connectivity index (χ4n) is 2.19. The molecule has 1 atom stereocenters. The molecule has 0 saturated heterocycles. The van der Waals surface area contributed by atoms with Crippen molar-refractivity contribution in [3.05, 3.63) is 29.3 Å². The molecule has 1 aromatic rings. The number of hydrogen-bond acceptors (Lipinski definition) is 3. The van der Waals surface area contributed by atoms with E-state index in [0.29, 0.717) is 5.75 Å². The number of aliphatic hydroxyl groups excluding tert-OH is 1. The first-order chi connectivity index (χ1) is 7.19. The lowest BCUT2D eigenvalue weighted by molar-refractivity contribution is -0.0607. The van der Waals surface area contributed by atoms with Gasteiger partial charge in [-0.2, -0.15) is 0 Å². The van der Waals surface area contributed by atoms with Crippen LogP contribution in [0, 0.1) is 0 Å². The summed E-state index contributed by atoms with van der Waals surface area (Å²) in [6.45, 7) is 0.0455. The summed E-state index contributed by atoms with van der Waals surface area (Å²) in [6.07, 6.45) is 2.37. The van der Waals surface area contributed by atoms with E-state index in [-0.39, 0.29) is 6.61 Å². The van der Waals surface area contributed by atoms with E-state index in [1.54, 1.807) is 19.2 Å². The Morgan fingerprint density at radius 1 is 1.40 bits per heavy atom. The summed E-state index contributed by atoms with van der Waals surface area (Å²) in [7, 11) is 1.64. The van der Waals surface area contributed by atoms with E-state index >= 15 is 0 Å². The fraction of sp³-hybridized carbons (Fsp3) is 0.500. The predicted octanol–water partition coefficient (Wildman–Crippen LogP) is 1.26. The second-order valence-corrected chi connectivity index (χ2v) is 4.18. The van der Waals surface area contributed by atoms with Gasteiger partial charge in [-0.1, -0.05) is 6.07 Å². The lowest BCUT2D eigenvalue weighted by atomic mass is 9.80. The molecule has 82 valence electrons. The molecule has 0 aliphatic heterocycles. The van der Waals surface area contributed by atoms with Crippen LogP contribution in [0.15, 0.2) is 18.2 Å². The van der Waals surface area contributed by atoms with Gasteiger partial charge >= 0.3 is 0 Å². The van der Waals surface area contributed by atoms with Crippen LogP contribution in [-0.4, -0.2) is 29.5 Å². The molecule has 1 aliphatic rings. The highest BCUT2D eigenvalue weighted by molar-refractivity contribution is 5.37. The molecule has 0 spiro atoms. The quantitative estimate of drug-likeness (QED) is 0.769. The third-order valence-corrected chi connectivity index (χ3v) is 3.27. The molecule has 0 heterocycles. The van der Waals surface area contributed by atoms with Crippen LogP contribution in [0.1, 0.15) is 17.5 Å². The molecule has 1 aromatic carbocycles. The van der Waals surface area contributed by atoms with Gasteiger partial charge in [-0.05, 0) is 36.1 Å². The van der Waals surface area contributed by atoms with Crippen LogP contribution in [0.3, 0.4) is 0 Å². The minimum Gasteiger partial charge on any atom is -0.508 e. The molecule has 3 nitrogen and oxygen atoms in total. The van der Waals surface area contributed by atoms with Gasteiger partial charge in [0.15, 0.2) is 0 Å². The Bertz CT molecular complexity index is 356. The van der Waals surface area contributed by atoms with E-state index in [4.69, 9.17) is 4.74 Å². The van der Waals surface area contributed by atoms with Crippen molar-refractivity contribution in [3.8, 4) is 5.75 Å². The van der Waals surface area contributed by atoms with Gasteiger partial charge in [-0.3, -0.25) is 0 Å². The Hall–Kier alpha value is -1.06. The summed E-state index contributed by atoms with van der Waals surface area (Å²) in [5.41, 5.74) is 1.90. The lowest BCUT2D eigenvalue weighted by Crippen LogP contribution is -2.41. The number of rotatable bonds is 2. The number of hydrogen-bond donors (Lipinski definition) is 2. The first kappa shape index (κ1) is 10.5. The highest BCUT2D eigenvalue weighted by Gasteiger charge is 2.33. The molecule has 3 heteroatoms. The van der Waals surface area contributed by atoms with Crippen molar-refractivity contribution in [2.45, 2.75) is 24.9 Å². The van der Waals surface area contributed by atoms with Gasteiger partial charge in [0.05, 0.1) is 12.2 Å². The smallest absolute Gasteiger partial charge is 0.115 e. The molecule has 15 heavy (non-hydrogen) atoms. The summed E-state index contributed by atoms with van der Waals surface area (Å²) >= 11 is 0. The van der Waals surface area contributed by atoms with E-state index in [1.165, 1.54) is 0 Å². The molecule has 1 unspecified atom stereocenters. The van der Waals surface area contributed by atoms with Gasteiger partial charge in [0.1, 0.15) is 5.75 Å². The van der Waals surface area contributed by atoms with Crippen LogP contribution >= 0.6 is 0 Å². The van der Waals surface area contributed by atoms with Crippen LogP contribution in [0.2, 0.25) is 0 Å². The largest absolute Gasteiger partial charge is 0.508 e. The maximum Gasteiger partial charge on any atom is 0.115 e. The van der Waals surface area contributed by atoms with Gasteiger partial charge in [-0.25, -0.2) is 0 Å². The van der Waals surface area contributed by atoms with Crippen molar-refractivity contribution in [3.63, 3.8) is 0 Å². The highest BCUT2D eigenvalue weighted by atomic mass is 16.5. The van der Waals surface area contributed by atoms with E-state index < -0.39 is 5.60 Å². The minimum absolute atomic E-state index is 0.0455. The molecule has 0 bridgehead atoms. The highest BCUT2D eigenvalue weighted by Crippen LogP contribution is 2.32. The zero-order valence-electron chi connectivity index (χ0n) is 8.86. The van der Waals surface area contributed by atoms with Gasteiger partial charge in [0, 0.05) is 13.5 Å². The first-order valence-electron chi connectivity index (χ1n) is 5.16. The fourth-order valence-corrected chi connectivity index (χ4v) is 2.19. The number of fused-ring (bicyclic) bond motifs is 1. The van der Waals surface area contributed by atoms with E-state index in [9.17, 15) is 10.2 Å². The van der Waals surface area contributed by atoms with Crippen molar-refractivity contribution in [2.24, 2.45) is 0 Å². The van der Waals surface area contributed by atoms with E-state index in [0.717, 1.165) is 30.4 Å². The van der Waals surface area contributed by atoms with Crippen LogP contribution in [0.25, 0.3) is 0 Å². The predicted molar refractivity (Wildman–Crippen MR) is 57.0 cm³/mol. The number of benzene rings is 1. The number of ether oxygens (including phenoxy) is 1. The summed E-state index contributed by atoms with van der Waals surface area (Å²) in [4.78, 5) is 0. The number of methoxy groups -OCH3 is 1. The summed E-state index contributed by atoms with van der Waals surface area (Å²) in [5, 5.41) is 18.7. The standard InChI is InChI=1S/C12H16O3/c1-15-12(8-13)5-4-9-6-11(14)3-2-10(9)7-12/h2-3,6,13-14H,4-5,7-8H2,1H3. The summed E-state index contributed by atoms with van der Waals surface area (Å²) in [6, 6.07) is 5.39. The lowest BCUT2D eigenvalue weighted by Gasteiger charge is -2.35. The van der Waals surface area contributed by atoms with Gasteiger partial charge < -0.3 is 14.9 Å². The maximum atomic E-state index is 9.35. The molecular formula is C12H16O3. The Labute approximate surface area is 89.3 Å². The monoisotopic (exact) mass is 208 g/mol. The van der Waals surface area contributed by atoms with Gasteiger partial charge in [0.2, 0.25) is 0 Å². The van der Waals surface area contributed by atoms with E-state index in [2.05, 4.69) is 0 Å². The van der Waals surface area contributed by atoms with Crippen molar-refractivity contribution in [2.75, 3.05) is 13.7 Å². The minimum atomic E-state index is -0.427. The van der Waals surface area contributed by atoms with E-state index in [1.807, 2.05) is 6.07 Å². The maximum absolute atomic E-state index is 9.35. The third kappa shape index (κ3) is 1.85. The van der Waals surface area contributed by atoms with Gasteiger partial charge in [0.25, 0.3) is 0 Å². The van der Waals surface area contributed by atoms with Gasteiger partial charge in [-0.15, -0.1) is 0 Å². The first-order valence-corrected chi connectivity index (χ1v) is 5.16. The van der Waals surface area contributed by atoms with Crippen LogP contribution in [0.4, 0.5) is 0 Å². The normalized spacial score (nSPS) is 24.9.